The number of carbonyl (C=O) groups excluding carboxylic acids is 1. The highest BCUT2D eigenvalue weighted by molar-refractivity contribution is 5.75. The zero-order valence-electron chi connectivity index (χ0n) is 13.6. The van der Waals surface area contributed by atoms with Gasteiger partial charge in [0.25, 0.3) is 0 Å². The van der Waals surface area contributed by atoms with E-state index in [1.807, 2.05) is 4.90 Å². The second-order valence-corrected chi connectivity index (χ2v) is 5.51. The summed E-state index contributed by atoms with van der Waals surface area (Å²) < 4.78 is 0. The summed E-state index contributed by atoms with van der Waals surface area (Å²) in [6.07, 6.45) is 9.13. The molecule has 0 aliphatic heterocycles. The van der Waals surface area contributed by atoms with Crippen LogP contribution in [0.3, 0.4) is 0 Å². The molecule has 0 fully saturated rings. The maximum absolute atomic E-state index is 11.6. The minimum atomic E-state index is 0.0754. The van der Waals surface area contributed by atoms with Crippen molar-refractivity contribution in [3.63, 3.8) is 0 Å². The first kappa shape index (κ1) is 20.3. The lowest BCUT2D eigenvalue weighted by Crippen LogP contribution is -2.37. The van der Waals surface area contributed by atoms with Gasteiger partial charge in [0.05, 0.1) is 13.2 Å². The van der Waals surface area contributed by atoms with E-state index in [0.717, 1.165) is 12.8 Å². The van der Waals surface area contributed by atoms with Crippen molar-refractivity contribution in [2.45, 2.75) is 58.3 Å². The first-order valence-corrected chi connectivity index (χ1v) is 8.45. The molecule has 0 aliphatic rings. The Labute approximate surface area is 129 Å². The van der Waals surface area contributed by atoms with E-state index in [4.69, 9.17) is 10.2 Å². The van der Waals surface area contributed by atoms with Crippen LogP contribution in [0.1, 0.15) is 58.3 Å². The first-order chi connectivity index (χ1) is 10.2. The van der Waals surface area contributed by atoms with Gasteiger partial charge in [-0.05, 0) is 6.42 Å². The molecule has 0 radical (unpaired) electrons. The number of unbranched alkanes of at least 4 members (excludes halogenated alkanes) is 6. The number of amides is 1. The van der Waals surface area contributed by atoms with Crippen molar-refractivity contribution >= 4 is 5.91 Å². The van der Waals surface area contributed by atoms with E-state index in [1.165, 1.54) is 32.1 Å². The van der Waals surface area contributed by atoms with Gasteiger partial charge >= 0.3 is 0 Å². The number of nitrogens with one attached hydrogen (secondary N) is 1. The molecule has 0 aromatic rings. The molecular weight excluding hydrogens is 268 g/mol. The number of carbonyl (C=O) groups is 1. The monoisotopic (exact) mass is 302 g/mol. The predicted molar refractivity (Wildman–Crippen MR) is 86.2 cm³/mol. The normalized spacial score (nSPS) is 11.0. The summed E-state index contributed by atoms with van der Waals surface area (Å²) in [4.78, 5) is 13.6. The van der Waals surface area contributed by atoms with Crippen LogP contribution in [0.5, 0.6) is 0 Å². The van der Waals surface area contributed by atoms with Gasteiger partial charge in [-0.1, -0.05) is 45.4 Å². The minimum Gasteiger partial charge on any atom is -0.395 e. The summed E-state index contributed by atoms with van der Waals surface area (Å²) >= 11 is 0. The van der Waals surface area contributed by atoms with Crippen molar-refractivity contribution in [2.75, 3.05) is 39.4 Å². The number of hydrogen-bond acceptors (Lipinski definition) is 4. The van der Waals surface area contributed by atoms with E-state index < -0.39 is 0 Å². The molecule has 0 spiro atoms. The van der Waals surface area contributed by atoms with Crippen molar-refractivity contribution in [1.82, 2.24) is 10.2 Å². The Bertz CT molecular complexity index is 232. The SMILES string of the molecule is CCCCCCCCCC(=O)NCCN(CCO)CCO. The Morgan fingerprint density at radius 2 is 1.48 bits per heavy atom. The molecule has 3 N–H and O–H groups in total. The van der Waals surface area contributed by atoms with Crippen LogP contribution in [0.2, 0.25) is 0 Å². The number of nitrogens with zero attached hydrogens (tertiary/aromatic N) is 1. The Balaban J connectivity index is 3.44. The van der Waals surface area contributed by atoms with Gasteiger partial charge in [0.15, 0.2) is 0 Å². The molecule has 1 amide bonds. The average Bonchev–Trinajstić information content (AvgIpc) is 2.47. The Morgan fingerprint density at radius 3 is 2.05 bits per heavy atom. The van der Waals surface area contributed by atoms with Crippen LogP contribution in [-0.4, -0.2) is 60.4 Å². The second-order valence-electron chi connectivity index (χ2n) is 5.51. The Hall–Kier alpha value is -0.650. The highest BCUT2D eigenvalue weighted by Crippen LogP contribution is 2.08. The van der Waals surface area contributed by atoms with Gasteiger partial charge in [-0.2, -0.15) is 0 Å². The van der Waals surface area contributed by atoms with Crippen molar-refractivity contribution in [3.8, 4) is 0 Å². The summed E-state index contributed by atoms with van der Waals surface area (Å²) in [5.41, 5.74) is 0. The molecule has 0 saturated heterocycles. The Morgan fingerprint density at radius 1 is 0.905 bits per heavy atom. The quantitative estimate of drug-likeness (QED) is 0.401. The summed E-state index contributed by atoms with van der Waals surface area (Å²) in [7, 11) is 0. The lowest BCUT2D eigenvalue weighted by Gasteiger charge is -2.20. The molecule has 0 saturated carbocycles. The topological polar surface area (TPSA) is 72.8 Å². The van der Waals surface area contributed by atoms with Gasteiger partial charge in [-0.25, -0.2) is 0 Å². The molecule has 0 aliphatic carbocycles. The highest BCUT2D eigenvalue weighted by Gasteiger charge is 2.05. The fourth-order valence-corrected chi connectivity index (χ4v) is 2.30. The van der Waals surface area contributed by atoms with Crippen molar-refractivity contribution in [2.24, 2.45) is 0 Å². The summed E-state index contributed by atoms with van der Waals surface area (Å²) in [5, 5.41) is 20.7. The van der Waals surface area contributed by atoms with Crippen LogP contribution in [0, 0.1) is 0 Å². The molecular formula is C16H34N2O3. The van der Waals surface area contributed by atoms with Crippen LogP contribution in [-0.2, 0) is 4.79 Å². The molecule has 0 unspecified atom stereocenters. The fraction of sp³-hybridized carbons (Fsp3) is 0.938. The number of aliphatic hydroxyl groups is 2. The molecule has 0 heterocycles. The van der Waals surface area contributed by atoms with E-state index in [-0.39, 0.29) is 19.1 Å². The molecule has 5 heteroatoms. The van der Waals surface area contributed by atoms with E-state index in [0.29, 0.717) is 32.6 Å². The van der Waals surface area contributed by atoms with Gasteiger partial charge < -0.3 is 15.5 Å². The average molecular weight is 302 g/mol. The van der Waals surface area contributed by atoms with Gasteiger partial charge in [-0.3, -0.25) is 9.69 Å². The molecule has 21 heavy (non-hydrogen) atoms. The summed E-state index contributed by atoms with van der Waals surface area (Å²) in [5.74, 6) is 0.108. The molecule has 0 rings (SSSR count). The van der Waals surface area contributed by atoms with Gasteiger partial charge in [0.2, 0.25) is 5.91 Å². The lowest BCUT2D eigenvalue weighted by molar-refractivity contribution is -0.121. The number of aliphatic hydroxyl groups excluding tert-OH is 2. The smallest absolute Gasteiger partial charge is 0.220 e. The largest absolute Gasteiger partial charge is 0.395 e. The second kappa shape index (κ2) is 15.7. The summed E-state index contributed by atoms with van der Waals surface area (Å²) in [6, 6.07) is 0. The molecule has 0 aromatic carbocycles. The van der Waals surface area contributed by atoms with E-state index >= 15 is 0 Å². The third-order valence-electron chi connectivity index (χ3n) is 3.59. The van der Waals surface area contributed by atoms with E-state index in [2.05, 4.69) is 12.2 Å². The molecule has 0 atom stereocenters. The molecule has 0 aromatic heterocycles. The van der Waals surface area contributed by atoms with Gasteiger partial charge in [-0.15, -0.1) is 0 Å². The van der Waals surface area contributed by atoms with E-state index in [1.54, 1.807) is 0 Å². The third kappa shape index (κ3) is 14.1. The Kier molecular flexibility index (Phi) is 15.2. The summed E-state index contributed by atoms with van der Waals surface area (Å²) in [6.45, 7) is 4.69. The highest BCUT2D eigenvalue weighted by atomic mass is 16.3. The third-order valence-corrected chi connectivity index (χ3v) is 3.59. The fourth-order valence-electron chi connectivity index (χ4n) is 2.30. The first-order valence-electron chi connectivity index (χ1n) is 8.45. The zero-order chi connectivity index (χ0) is 15.8. The predicted octanol–water partition coefficient (Wildman–Crippen LogP) is 1.53. The van der Waals surface area contributed by atoms with Crippen LogP contribution in [0.4, 0.5) is 0 Å². The number of rotatable bonds is 15. The van der Waals surface area contributed by atoms with Gasteiger partial charge in [0, 0.05) is 32.6 Å². The molecule has 5 nitrogen and oxygen atoms in total. The van der Waals surface area contributed by atoms with Gasteiger partial charge in [0.1, 0.15) is 0 Å². The van der Waals surface area contributed by atoms with Crippen molar-refractivity contribution < 1.29 is 15.0 Å². The molecule has 0 bridgehead atoms. The zero-order valence-corrected chi connectivity index (χ0v) is 13.6. The number of hydrogen-bond donors (Lipinski definition) is 3. The van der Waals surface area contributed by atoms with Crippen molar-refractivity contribution in [3.05, 3.63) is 0 Å². The lowest BCUT2D eigenvalue weighted by atomic mass is 10.1. The maximum atomic E-state index is 11.6. The standard InChI is InChI=1S/C16H34N2O3/c1-2-3-4-5-6-7-8-9-16(21)17-10-11-18(12-14-19)13-15-20/h19-20H,2-15H2,1H3,(H,17,21). The van der Waals surface area contributed by atoms with Crippen LogP contribution in [0.15, 0.2) is 0 Å². The van der Waals surface area contributed by atoms with Crippen LogP contribution in [0.25, 0.3) is 0 Å². The molecule has 126 valence electrons. The van der Waals surface area contributed by atoms with Crippen molar-refractivity contribution in [1.29, 1.82) is 0 Å². The van der Waals surface area contributed by atoms with Crippen LogP contribution >= 0.6 is 0 Å². The maximum Gasteiger partial charge on any atom is 0.220 e. The van der Waals surface area contributed by atoms with Crippen LogP contribution < -0.4 is 5.32 Å². The minimum absolute atomic E-state index is 0.0754. The van der Waals surface area contributed by atoms with E-state index in [9.17, 15) is 4.79 Å².